The lowest BCUT2D eigenvalue weighted by Gasteiger charge is -2.35. The van der Waals surface area contributed by atoms with Gasteiger partial charge in [-0.1, -0.05) is 17.7 Å². The fourth-order valence-electron chi connectivity index (χ4n) is 2.53. The number of halogens is 1. The minimum absolute atomic E-state index is 0.0828. The van der Waals surface area contributed by atoms with Crippen molar-refractivity contribution < 1.29 is 0 Å². The van der Waals surface area contributed by atoms with Crippen molar-refractivity contribution in [2.75, 3.05) is 23.0 Å². The first-order valence-corrected chi connectivity index (χ1v) is 7.18. The van der Waals surface area contributed by atoms with Gasteiger partial charge >= 0.3 is 0 Å². The van der Waals surface area contributed by atoms with Crippen molar-refractivity contribution in [1.29, 1.82) is 0 Å². The van der Waals surface area contributed by atoms with Crippen molar-refractivity contribution in [3.63, 3.8) is 0 Å². The summed E-state index contributed by atoms with van der Waals surface area (Å²) < 4.78 is 0. The van der Waals surface area contributed by atoms with Crippen molar-refractivity contribution in [2.45, 2.75) is 12.0 Å². The molecule has 17 heavy (non-hydrogen) atoms. The zero-order chi connectivity index (χ0) is 11.9. The topological polar surface area (TPSA) is 41.6 Å². The normalized spacial score (nSPS) is 27.8. The molecule has 1 spiro atoms. The molecular formula is C12H14ClN3S. The molecule has 1 unspecified atom stereocenters. The summed E-state index contributed by atoms with van der Waals surface area (Å²) >= 11 is 8.02. The van der Waals surface area contributed by atoms with Gasteiger partial charge in [-0.05, 0) is 30.4 Å². The molecule has 1 fully saturated rings. The lowest BCUT2D eigenvalue weighted by atomic mass is 9.97. The van der Waals surface area contributed by atoms with Gasteiger partial charge in [0, 0.05) is 16.5 Å². The molecule has 0 bridgehead atoms. The third-order valence-corrected chi connectivity index (χ3v) is 4.86. The van der Waals surface area contributed by atoms with E-state index < -0.39 is 0 Å². The van der Waals surface area contributed by atoms with Crippen LogP contribution in [0.2, 0.25) is 5.02 Å². The second-order valence-electron chi connectivity index (χ2n) is 4.52. The molecule has 0 radical (unpaired) electrons. The Morgan fingerprint density at radius 3 is 3.06 bits per heavy atom. The fourth-order valence-corrected chi connectivity index (χ4v) is 4.13. The molecule has 2 aliphatic rings. The maximum Gasteiger partial charge on any atom is 0.196 e. The molecule has 1 aromatic rings. The van der Waals surface area contributed by atoms with Crippen molar-refractivity contribution in [3.8, 4) is 0 Å². The predicted molar refractivity (Wildman–Crippen MR) is 75.1 cm³/mol. The van der Waals surface area contributed by atoms with Gasteiger partial charge in [-0.3, -0.25) is 4.99 Å². The van der Waals surface area contributed by atoms with Crippen LogP contribution in [-0.2, 0) is 0 Å². The fraction of sp³-hybridized carbons (Fsp3) is 0.417. The van der Waals surface area contributed by atoms with E-state index in [1.54, 1.807) is 0 Å². The Morgan fingerprint density at radius 2 is 2.35 bits per heavy atom. The second kappa shape index (κ2) is 4.10. The van der Waals surface area contributed by atoms with E-state index in [2.05, 4.69) is 9.89 Å². The zero-order valence-electron chi connectivity index (χ0n) is 9.40. The monoisotopic (exact) mass is 267 g/mol. The number of thioether (sulfide) groups is 1. The summed E-state index contributed by atoms with van der Waals surface area (Å²) in [7, 11) is 0. The van der Waals surface area contributed by atoms with Gasteiger partial charge in [0.15, 0.2) is 5.96 Å². The molecule has 0 aliphatic carbocycles. The SMILES string of the molecule is NC1=NCC2(CCSC2)N1c1cccc(Cl)c1. The Hall–Kier alpha value is -0.870. The van der Waals surface area contributed by atoms with E-state index in [4.69, 9.17) is 17.3 Å². The highest BCUT2D eigenvalue weighted by Gasteiger charge is 2.45. The van der Waals surface area contributed by atoms with Crippen LogP contribution in [-0.4, -0.2) is 29.5 Å². The summed E-state index contributed by atoms with van der Waals surface area (Å²) in [4.78, 5) is 6.59. The van der Waals surface area contributed by atoms with Crippen LogP contribution in [0.4, 0.5) is 5.69 Å². The standard InChI is InChI=1S/C12H14ClN3S/c13-9-2-1-3-10(6-9)16-11(14)15-7-12(16)4-5-17-8-12/h1-3,6H,4-5,7-8H2,(H2,14,15). The van der Waals surface area contributed by atoms with E-state index >= 15 is 0 Å². The van der Waals surface area contributed by atoms with Crippen LogP contribution in [0.1, 0.15) is 6.42 Å². The van der Waals surface area contributed by atoms with E-state index in [-0.39, 0.29) is 5.54 Å². The third kappa shape index (κ3) is 1.79. The Labute approximate surface area is 110 Å². The zero-order valence-corrected chi connectivity index (χ0v) is 11.0. The van der Waals surface area contributed by atoms with Gasteiger partial charge < -0.3 is 10.6 Å². The van der Waals surface area contributed by atoms with Crippen molar-refractivity contribution in [2.24, 2.45) is 10.7 Å². The van der Waals surface area contributed by atoms with Gasteiger partial charge in [-0.2, -0.15) is 11.8 Å². The van der Waals surface area contributed by atoms with E-state index in [0.29, 0.717) is 5.96 Å². The summed E-state index contributed by atoms with van der Waals surface area (Å²) in [5, 5.41) is 0.739. The number of hydrogen-bond acceptors (Lipinski definition) is 4. The minimum atomic E-state index is 0.0828. The lowest BCUT2D eigenvalue weighted by molar-refractivity contribution is 0.516. The smallest absolute Gasteiger partial charge is 0.196 e. The molecule has 1 atom stereocenters. The Morgan fingerprint density at radius 1 is 1.47 bits per heavy atom. The lowest BCUT2D eigenvalue weighted by Crippen LogP contribution is -2.52. The van der Waals surface area contributed by atoms with Crippen LogP contribution >= 0.6 is 23.4 Å². The van der Waals surface area contributed by atoms with Crippen LogP contribution in [0.25, 0.3) is 0 Å². The minimum Gasteiger partial charge on any atom is -0.369 e. The van der Waals surface area contributed by atoms with Crippen molar-refractivity contribution >= 4 is 35.0 Å². The van der Waals surface area contributed by atoms with Crippen LogP contribution in [0.15, 0.2) is 29.3 Å². The Bertz CT molecular complexity index is 469. The summed E-state index contributed by atoms with van der Waals surface area (Å²) in [6, 6.07) is 7.84. The maximum absolute atomic E-state index is 6.05. The number of guanidine groups is 1. The molecule has 5 heteroatoms. The highest BCUT2D eigenvalue weighted by Crippen LogP contribution is 2.39. The molecule has 0 amide bonds. The maximum atomic E-state index is 6.05. The second-order valence-corrected chi connectivity index (χ2v) is 6.06. The molecule has 2 heterocycles. The number of hydrogen-bond donors (Lipinski definition) is 1. The first kappa shape index (κ1) is 11.2. The molecule has 2 N–H and O–H groups in total. The quantitative estimate of drug-likeness (QED) is 0.849. The Balaban J connectivity index is 2.01. The number of benzene rings is 1. The van der Waals surface area contributed by atoms with Gasteiger partial charge in [0.25, 0.3) is 0 Å². The van der Waals surface area contributed by atoms with Crippen LogP contribution in [0, 0.1) is 0 Å². The largest absolute Gasteiger partial charge is 0.369 e. The van der Waals surface area contributed by atoms with Crippen molar-refractivity contribution in [1.82, 2.24) is 0 Å². The van der Waals surface area contributed by atoms with Crippen LogP contribution < -0.4 is 10.6 Å². The molecule has 2 aliphatic heterocycles. The van der Waals surface area contributed by atoms with E-state index in [9.17, 15) is 0 Å². The molecule has 3 nitrogen and oxygen atoms in total. The molecule has 1 saturated heterocycles. The van der Waals surface area contributed by atoms with Gasteiger partial charge in [0.1, 0.15) is 0 Å². The molecule has 0 saturated carbocycles. The summed E-state index contributed by atoms with van der Waals surface area (Å²) in [6.45, 7) is 0.804. The highest BCUT2D eigenvalue weighted by atomic mass is 35.5. The Kier molecular flexibility index (Phi) is 2.71. The first-order valence-electron chi connectivity index (χ1n) is 5.65. The number of aliphatic imine (C=N–C) groups is 1. The van der Waals surface area contributed by atoms with Gasteiger partial charge in [0.2, 0.25) is 0 Å². The van der Waals surface area contributed by atoms with Crippen LogP contribution in [0.5, 0.6) is 0 Å². The number of anilines is 1. The predicted octanol–water partition coefficient (Wildman–Crippen LogP) is 2.35. The van der Waals surface area contributed by atoms with E-state index in [1.807, 2.05) is 36.0 Å². The number of nitrogens with zero attached hydrogens (tertiary/aromatic N) is 2. The summed E-state index contributed by atoms with van der Waals surface area (Å²) in [5.41, 5.74) is 7.18. The highest BCUT2D eigenvalue weighted by molar-refractivity contribution is 7.99. The first-order chi connectivity index (χ1) is 8.21. The molecule has 3 rings (SSSR count). The summed E-state index contributed by atoms with van der Waals surface area (Å²) in [6.07, 6.45) is 1.13. The van der Waals surface area contributed by atoms with E-state index in [0.717, 1.165) is 29.4 Å². The third-order valence-electron chi connectivity index (χ3n) is 3.39. The van der Waals surface area contributed by atoms with Gasteiger partial charge in [-0.15, -0.1) is 0 Å². The molecule has 90 valence electrons. The van der Waals surface area contributed by atoms with Crippen LogP contribution in [0.3, 0.4) is 0 Å². The van der Waals surface area contributed by atoms with E-state index in [1.165, 1.54) is 5.75 Å². The summed E-state index contributed by atoms with van der Waals surface area (Å²) in [5.74, 6) is 2.89. The molecular weight excluding hydrogens is 254 g/mol. The van der Waals surface area contributed by atoms with Gasteiger partial charge in [-0.25, -0.2) is 0 Å². The van der Waals surface area contributed by atoms with Crippen molar-refractivity contribution in [3.05, 3.63) is 29.3 Å². The average Bonchev–Trinajstić information content (AvgIpc) is 2.88. The number of rotatable bonds is 1. The van der Waals surface area contributed by atoms with Gasteiger partial charge in [0.05, 0.1) is 12.1 Å². The molecule has 1 aromatic carbocycles. The average molecular weight is 268 g/mol. The number of nitrogens with two attached hydrogens (primary N) is 1. The molecule has 0 aromatic heterocycles.